The molecule has 0 aromatic carbocycles. The highest BCUT2D eigenvalue weighted by molar-refractivity contribution is 5.78. The average molecular weight is 237 g/mol. The van der Waals surface area contributed by atoms with Gasteiger partial charge in [0.2, 0.25) is 11.8 Å². The summed E-state index contributed by atoms with van der Waals surface area (Å²) in [5.41, 5.74) is 0. The van der Waals surface area contributed by atoms with E-state index in [2.05, 4.69) is 16.6 Å². The summed E-state index contributed by atoms with van der Waals surface area (Å²) in [6.45, 7) is 3.66. The van der Waals surface area contributed by atoms with Crippen LogP contribution in [-0.2, 0) is 9.59 Å². The summed E-state index contributed by atoms with van der Waals surface area (Å²) < 4.78 is 0. The molecule has 1 saturated heterocycles. The zero-order valence-electron chi connectivity index (χ0n) is 10.2. The second kappa shape index (κ2) is 6.92. The second-order valence-corrected chi connectivity index (χ2v) is 4.16. The van der Waals surface area contributed by atoms with Crippen molar-refractivity contribution in [3.05, 3.63) is 0 Å². The van der Waals surface area contributed by atoms with Crippen LogP contribution in [0, 0.1) is 12.3 Å². The van der Waals surface area contributed by atoms with Gasteiger partial charge in [-0.25, -0.2) is 0 Å². The second-order valence-electron chi connectivity index (χ2n) is 4.16. The number of amides is 2. The normalized spacial score (nSPS) is 16.4. The predicted molar refractivity (Wildman–Crippen MR) is 65.1 cm³/mol. The molecule has 5 nitrogen and oxygen atoms in total. The molecule has 94 valence electrons. The van der Waals surface area contributed by atoms with E-state index in [1.807, 2.05) is 0 Å². The van der Waals surface area contributed by atoms with Gasteiger partial charge in [0.15, 0.2) is 0 Å². The van der Waals surface area contributed by atoms with E-state index in [1.54, 1.807) is 11.8 Å². The number of terminal acetylenes is 1. The fourth-order valence-corrected chi connectivity index (χ4v) is 1.87. The molecule has 1 heterocycles. The van der Waals surface area contributed by atoms with Crippen molar-refractivity contribution in [2.24, 2.45) is 0 Å². The lowest BCUT2D eigenvalue weighted by Crippen LogP contribution is -2.47. The van der Waals surface area contributed by atoms with Crippen molar-refractivity contribution in [1.29, 1.82) is 0 Å². The molecular formula is C12H19N3O2. The number of nitrogens with zero attached hydrogens (tertiary/aromatic N) is 1. The Morgan fingerprint density at radius 3 is 2.59 bits per heavy atom. The standard InChI is InChI=1S/C12H19N3O2/c1-3-6-13-9-12(17)14-11-4-7-15(8-5-11)10(2)16/h1,11,13H,4-9H2,2H3,(H,14,17). The fraction of sp³-hybridized carbons (Fsp3) is 0.667. The lowest BCUT2D eigenvalue weighted by molar-refractivity contribution is -0.130. The summed E-state index contributed by atoms with van der Waals surface area (Å²) in [5, 5.41) is 5.77. The van der Waals surface area contributed by atoms with E-state index >= 15 is 0 Å². The van der Waals surface area contributed by atoms with Gasteiger partial charge in [-0.15, -0.1) is 6.42 Å². The molecule has 1 aliphatic rings. The van der Waals surface area contributed by atoms with Crippen LogP contribution in [0.5, 0.6) is 0 Å². The van der Waals surface area contributed by atoms with Gasteiger partial charge < -0.3 is 10.2 Å². The predicted octanol–water partition coefficient (Wildman–Crippen LogP) is -0.664. The maximum atomic E-state index is 11.5. The smallest absolute Gasteiger partial charge is 0.234 e. The quantitative estimate of drug-likeness (QED) is 0.504. The van der Waals surface area contributed by atoms with E-state index in [9.17, 15) is 9.59 Å². The topological polar surface area (TPSA) is 61.4 Å². The molecule has 0 atom stereocenters. The number of hydrogen-bond acceptors (Lipinski definition) is 3. The molecule has 0 radical (unpaired) electrons. The Labute approximate surface area is 102 Å². The minimum absolute atomic E-state index is 0.0403. The van der Waals surface area contributed by atoms with Crippen molar-refractivity contribution < 1.29 is 9.59 Å². The monoisotopic (exact) mass is 237 g/mol. The van der Waals surface area contributed by atoms with Crippen LogP contribution in [0.1, 0.15) is 19.8 Å². The molecule has 1 aliphatic heterocycles. The van der Waals surface area contributed by atoms with Gasteiger partial charge in [-0.05, 0) is 12.8 Å². The summed E-state index contributed by atoms with van der Waals surface area (Å²) in [5.74, 6) is 2.47. The number of carbonyl (C=O) groups is 2. The molecule has 1 fully saturated rings. The first-order valence-corrected chi connectivity index (χ1v) is 5.82. The van der Waals surface area contributed by atoms with Crippen molar-refractivity contribution in [3.63, 3.8) is 0 Å². The largest absolute Gasteiger partial charge is 0.352 e. The summed E-state index contributed by atoms with van der Waals surface area (Å²) in [7, 11) is 0. The van der Waals surface area contributed by atoms with Crippen LogP contribution in [0.25, 0.3) is 0 Å². The molecule has 0 aromatic rings. The van der Waals surface area contributed by atoms with Gasteiger partial charge in [0.1, 0.15) is 0 Å². The van der Waals surface area contributed by atoms with E-state index in [0.717, 1.165) is 25.9 Å². The van der Waals surface area contributed by atoms with E-state index in [4.69, 9.17) is 6.42 Å². The Morgan fingerprint density at radius 2 is 2.06 bits per heavy atom. The highest BCUT2D eigenvalue weighted by Crippen LogP contribution is 2.09. The molecular weight excluding hydrogens is 218 g/mol. The zero-order valence-corrected chi connectivity index (χ0v) is 10.2. The summed E-state index contributed by atoms with van der Waals surface area (Å²) in [6, 6.07) is 0.172. The summed E-state index contributed by atoms with van der Waals surface area (Å²) in [6.07, 6.45) is 6.70. The summed E-state index contributed by atoms with van der Waals surface area (Å²) in [4.78, 5) is 24.4. The van der Waals surface area contributed by atoms with Crippen molar-refractivity contribution in [1.82, 2.24) is 15.5 Å². The third-order valence-corrected chi connectivity index (χ3v) is 2.82. The average Bonchev–Trinajstić information content (AvgIpc) is 2.30. The van der Waals surface area contributed by atoms with Crippen LogP contribution in [0.15, 0.2) is 0 Å². The molecule has 0 unspecified atom stereocenters. The maximum absolute atomic E-state index is 11.5. The van der Waals surface area contributed by atoms with Crippen LogP contribution in [0.4, 0.5) is 0 Å². The van der Waals surface area contributed by atoms with Gasteiger partial charge in [0, 0.05) is 26.1 Å². The van der Waals surface area contributed by atoms with Crippen molar-refractivity contribution in [3.8, 4) is 12.3 Å². The fourth-order valence-electron chi connectivity index (χ4n) is 1.87. The molecule has 0 spiro atoms. The highest BCUT2D eigenvalue weighted by atomic mass is 16.2. The van der Waals surface area contributed by atoms with Crippen LogP contribution < -0.4 is 10.6 Å². The number of piperidine rings is 1. The molecule has 17 heavy (non-hydrogen) atoms. The minimum atomic E-state index is -0.0403. The molecule has 0 saturated carbocycles. The molecule has 0 aromatic heterocycles. The molecule has 1 rings (SSSR count). The number of nitrogens with one attached hydrogen (secondary N) is 2. The number of rotatable bonds is 4. The lowest BCUT2D eigenvalue weighted by atomic mass is 10.1. The molecule has 2 N–H and O–H groups in total. The maximum Gasteiger partial charge on any atom is 0.234 e. The van der Waals surface area contributed by atoms with Gasteiger partial charge in [0.05, 0.1) is 13.1 Å². The molecule has 0 aliphatic carbocycles. The molecule has 2 amide bonds. The van der Waals surface area contributed by atoms with Crippen LogP contribution >= 0.6 is 0 Å². The Kier molecular flexibility index (Phi) is 5.50. The first-order valence-electron chi connectivity index (χ1n) is 5.82. The van der Waals surface area contributed by atoms with Crippen molar-refractivity contribution >= 4 is 11.8 Å². The van der Waals surface area contributed by atoms with Crippen LogP contribution in [0.3, 0.4) is 0 Å². The SMILES string of the molecule is C#CCNCC(=O)NC1CCN(C(C)=O)CC1. The van der Waals surface area contributed by atoms with E-state index in [1.165, 1.54) is 0 Å². The van der Waals surface area contributed by atoms with Gasteiger partial charge in [0.25, 0.3) is 0 Å². The van der Waals surface area contributed by atoms with E-state index < -0.39 is 0 Å². The van der Waals surface area contributed by atoms with Gasteiger partial charge in [-0.3, -0.25) is 14.9 Å². The lowest BCUT2D eigenvalue weighted by Gasteiger charge is -2.31. The number of likely N-dealkylation sites (tertiary alicyclic amines) is 1. The Bertz CT molecular complexity index is 314. The Hall–Kier alpha value is -1.54. The van der Waals surface area contributed by atoms with Crippen molar-refractivity contribution in [2.45, 2.75) is 25.8 Å². The zero-order chi connectivity index (χ0) is 12.7. The van der Waals surface area contributed by atoms with Crippen molar-refractivity contribution in [2.75, 3.05) is 26.2 Å². The third-order valence-electron chi connectivity index (χ3n) is 2.82. The number of hydrogen-bond donors (Lipinski definition) is 2. The van der Waals surface area contributed by atoms with E-state index in [-0.39, 0.29) is 24.4 Å². The van der Waals surface area contributed by atoms with Crippen LogP contribution in [0.2, 0.25) is 0 Å². The van der Waals surface area contributed by atoms with E-state index in [0.29, 0.717) is 6.54 Å². The van der Waals surface area contributed by atoms with Gasteiger partial charge >= 0.3 is 0 Å². The minimum Gasteiger partial charge on any atom is -0.352 e. The first kappa shape index (κ1) is 13.5. The molecule has 5 heteroatoms. The van der Waals surface area contributed by atoms with Gasteiger partial charge in [-0.2, -0.15) is 0 Å². The first-order chi connectivity index (χ1) is 8.13. The van der Waals surface area contributed by atoms with Gasteiger partial charge in [-0.1, -0.05) is 5.92 Å². The Morgan fingerprint density at radius 1 is 1.41 bits per heavy atom. The molecule has 0 bridgehead atoms. The number of carbonyl (C=O) groups excluding carboxylic acids is 2. The highest BCUT2D eigenvalue weighted by Gasteiger charge is 2.21. The third kappa shape index (κ3) is 4.87. The Balaban J connectivity index is 2.19. The summed E-state index contributed by atoms with van der Waals surface area (Å²) >= 11 is 0. The van der Waals surface area contributed by atoms with Crippen LogP contribution in [-0.4, -0.2) is 48.9 Å².